The van der Waals surface area contributed by atoms with Gasteiger partial charge in [-0.3, -0.25) is 5.10 Å². The van der Waals surface area contributed by atoms with Gasteiger partial charge in [0, 0.05) is 6.04 Å². The van der Waals surface area contributed by atoms with E-state index in [1.807, 2.05) is 23.8 Å². The van der Waals surface area contributed by atoms with Gasteiger partial charge in [0.25, 0.3) is 0 Å². The predicted octanol–water partition coefficient (Wildman–Crippen LogP) is 2.00. The van der Waals surface area contributed by atoms with Gasteiger partial charge in [0.1, 0.15) is 4.90 Å². The SMILES string of the molecule is Cc1n[nH]c(C)c1S(=O)(=O)NC(C)Cc1ccsc1. The average molecular weight is 299 g/mol. The summed E-state index contributed by atoms with van der Waals surface area (Å²) in [4.78, 5) is 0.254. The van der Waals surface area contributed by atoms with E-state index < -0.39 is 10.0 Å². The Bertz CT molecular complexity index is 625. The largest absolute Gasteiger partial charge is 0.281 e. The molecule has 0 spiro atoms. The van der Waals surface area contributed by atoms with E-state index in [0.29, 0.717) is 17.8 Å². The third kappa shape index (κ3) is 3.23. The van der Waals surface area contributed by atoms with E-state index in [1.54, 1.807) is 25.2 Å². The minimum absolute atomic E-state index is 0.159. The maximum absolute atomic E-state index is 12.3. The molecule has 2 rings (SSSR count). The lowest BCUT2D eigenvalue weighted by atomic mass is 10.1. The monoisotopic (exact) mass is 299 g/mol. The Kier molecular flexibility index (Phi) is 4.07. The summed E-state index contributed by atoms with van der Waals surface area (Å²) in [5.41, 5.74) is 2.20. The van der Waals surface area contributed by atoms with Crippen molar-refractivity contribution in [1.29, 1.82) is 0 Å². The molecule has 0 aliphatic heterocycles. The van der Waals surface area contributed by atoms with Crippen LogP contribution in [-0.4, -0.2) is 24.7 Å². The van der Waals surface area contributed by atoms with Crippen molar-refractivity contribution in [3.05, 3.63) is 33.8 Å². The molecular formula is C12H17N3O2S2. The topological polar surface area (TPSA) is 74.8 Å². The molecule has 104 valence electrons. The highest BCUT2D eigenvalue weighted by molar-refractivity contribution is 7.89. The van der Waals surface area contributed by atoms with Crippen molar-refractivity contribution in [1.82, 2.24) is 14.9 Å². The van der Waals surface area contributed by atoms with Crippen LogP contribution in [0.15, 0.2) is 21.7 Å². The highest BCUT2D eigenvalue weighted by Crippen LogP contribution is 2.17. The standard InChI is InChI=1S/C12H17N3O2S2/c1-8(6-11-4-5-18-7-11)15-19(16,17)12-9(2)13-14-10(12)3/h4-5,7-8,15H,6H2,1-3H3,(H,13,14). The Hall–Kier alpha value is -1.18. The van der Waals surface area contributed by atoms with Gasteiger partial charge < -0.3 is 0 Å². The van der Waals surface area contributed by atoms with Crippen molar-refractivity contribution in [2.45, 2.75) is 38.1 Å². The van der Waals surface area contributed by atoms with Gasteiger partial charge in [0.05, 0.1) is 11.4 Å². The van der Waals surface area contributed by atoms with Gasteiger partial charge in [0.15, 0.2) is 0 Å². The van der Waals surface area contributed by atoms with Crippen LogP contribution in [0.4, 0.5) is 0 Å². The molecule has 19 heavy (non-hydrogen) atoms. The number of aryl methyl sites for hydroxylation is 2. The number of nitrogens with zero attached hydrogens (tertiary/aromatic N) is 1. The molecule has 2 N–H and O–H groups in total. The lowest BCUT2D eigenvalue weighted by Gasteiger charge is -2.13. The molecule has 0 radical (unpaired) electrons. The first kappa shape index (κ1) is 14.2. The molecule has 0 fully saturated rings. The summed E-state index contributed by atoms with van der Waals surface area (Å²) in [5.74, 6) is 0. The molecule has 0 saturated carbocycles. The van der Waals surface area contributed by atoms with Gasteiger partial charge in [0.2, 0.25) is 10.0 Å². The molecular weight excluding hydrogens is 282 g/mol. The highest BCUT2D eigenvalue weighted by Gasteiger charge is 2.24. The molecule has 0 saturated heterocycles. The van der Waals surface area contributed by atoms with Crippen LogP contribution >= 0.6 is 11.3 Å². The molecule has 1 atom stereocenters. The zero-order valence-corrected chi connectivity index (χ0v) is 12.7. The first-order valence-corrected chi connectivity index (χ1v) is 8.37. The van der Waals surface area contributed by atoms with Crippen LogP contribution in [0.25, 0.3) is 0 Å². The first-order valence-electron chi connectivity index (χ1n) is 5.95. The second kappa shape index (κ2) is 5.44. The fourth-order valence-electron chi connectivity index (χ4n) is 2.06. The summed E-state index contributed by atoms with van der Waals surface area (Å²) in [5, 5.41) is 10.6. The summed E-state index contributed by atoms with van der Waals surface area (Å²) >= 11 is 1.61. The van der Waals surface area contributed by atoms with Gasteiger partial charge >= 0.3 is 0 Å². The first-order chi connectivity index (χ1) is 8.90. The second-order valence-electron chi connectivity index (χ2n) is 4.62. The number of nitrogens with one attached hydrogen (secondary N) is 2. The minimum atomic E-state index is -3.52. The van der Waals surface area contributed by atoms with E-state index in [2.05, 4.69) is 14.9 Å². The molecule has 2 heterocycles. The van der Waals surface area contributed by atoms with Gasteiger partial charge in [-0.2, -0.15) is 16.4 Å². The number of hydrogen-bond acceptors (Lipinski definition) is 4. The van der Waals surface area contributed by atoms with Gasteiger partial charge in [-0.25, -0.2) is 13.1 Å². The minimum Gasteiger partial charge on any atom is -0.281 e. The maximum atomic E-state index is 12.3. The van der Waals surface area contributed by atoms with Crippen molar-refractivity contribution >= 4 is 21.4 Å². The van der Waals surface area contributed by atoms with Crippen LogP contribution in [0.3, 0.4) is 0 Å². The third-order valence-electron chi connectivity index (χ3n) is 2.81. The Balaban J connectivity index is 2.13. The Morgan fingerprint density at radius 3 is 2.74 bits per heavy atom. The molecule has 1 unspecified atom stereocenters. The number of thiophene rings is 1. The number of H-pyrrole nitrogens is 1. The molecule has 0 amide bonds. The number of aromatic nitrogens is 2. The average Bonchev–Trinajstić information content (AvgIpc) is 2.88. The lowest BCUT2D eigenvalue weighted by molar-refractivity contribution is 0.559. The molecule has 0 bridgehead atoms. The number of sulfonamides is 1. The van der Waals surface area contributed by atoms with E-state index in [9.17, 15) is 8.42 Å². The fourth-order valence-corrected chi connectivity index (χ4v) is 4.36. The van der Waals surface area contributed by atoms with Crippen molar-refractivity contribution in [3.8, 4) is 0 Å². The van der Waals surface area contributed by atoms with Crippen LogP contribution in [0, 0.1) is 13.8 Å². The van der Waals surface area contributed by atoms with E-state index in [4.69, 9.17) is 0 Å². The molecule has 7 heteroatoms. The predicted molar refractivity (Wildman–Crippen MR) is 75.9 cm³/mol. The number of hydrogen-bond donors (Lipinski definition) is 2. The van der Waals surface area contributed by atoms with Crippen molar-refractivity contribution in [2.24, 2.45) is 0 Å². The van der Waals surface area contributed by atoms with Crippen LogP contribution in [0.1, 0.15) is 23.9 Å². The normalized spacial score (nSPS) is 13.6. The van der Waals surface area contributed by atoms with E-state index >= 15 is 0 Å². The van der Waals surface area contributed by atoms with Crippen LogP contribution < -0.4 is 4.72 Å². The van der Waals surface area contributed by atoms with Crippen LogP contribution in [-0.2, 0) is 16.4 Å². The number of rotatable bonds is 5. The van der Waals surface area contributed by atoms with E-state index in [1.165, 1.54) is 0 Å². The molecule has 5 nitrogen and oxygen atoms in total. The van der Waals surface area contributed by atoms with E-state index in [-0.39, 0.29) is 10.9 Å². The van der Waals surface area contributed by atoms with Crippen molar-refractivity contribution in [3.63, 3.8) is 0 Å². The van der Waals surface area contributed by atoms with Crippen LogP contribution in [0.5, 0.6) is 0 Å². The van der Waals surface area contributed by atoms with Crippen molar-refractivity contribution in [2.75, 3.05) is 0 Å². The van der Waals surface area contributed by atoms with E-state index in [0.717, 1.165) is 5.56 Å². The lowest BCUT2D eigenvalue weighted by Crippen LogP contribution is -2.34. The third-order valence-corrected chi connectivity index (χ3v) is 5.39. The molecule has 2 aromatic heterocycles. The zero-order chi connectivity index (χ0) is 14.0. The van der Waals surface area contributed by atoms with Gasteiger partial charge in [-0.05, 0) is 49.6 Å². The smallest absolute Gasteiger partial charge is 0.244 e. The Morgan fingerprint density at radius 2 is 2.21 bits per heavy atom. The zero-order valence-electron chi connectivity index (χ0n) is 11.1. The second-order valence-corrected chi connectivity index (χ2v) is 7.05. The van der Waals surface area contributed by atoms with Gasteiger partial charge in [-0.1, -0.05) is 0 Å². The number of aromatic amines is 1. The highest BCUT2D eigenvalue weighted by atomic mass is 32.2. The summed E-state index contributed by atoms with van der Waals surface area (Å²) in [7, 11) is -3.52. The molecule has 2 aromatic rings. The fraction of sp³-hybridized carbons (Fsp3) is 0.417. The quantitative estimate of drug-likeness (QED) is 0.886. The molecule has 0 aliphatic rings. The van der Waals surface area contributed by atoms with Gasteiger partial charge in [-0.15, -0.1) is 0 Å². The summed E-state index contributed by atoms with van der Waals surface area (Å²) in [6, 6.07) is 1.84. The van der Waals surface area contributed by atoms with Crippen molar-refractivity contribution < 1.29 is 8.42 Å². The maximum Gasteiger partial charge on any atom is 0.244 e. The molecule has 0 aliphatic carbocycles. The summed E-state index contributed by atoms with van der Waals surface area (Å²) in [6.07, 6.45) is 0.679. The summed E-state index contributed by atoms with van der Waals surface area (Å²) < 4.78 is 27.3. The Morgan fingerprint density at radius 1 is 1.47 bits per heavy atom. The Labute approximate surface area is 117 Å². The summed E-state index contributed by atoms with van der Waals surface area (Å²) in [6.45, 7) is 5.25. The molecule has 0 aromatic carbocycles. The van der Waals surface area contributed by atoms with Crippen LogP contribution in [0.2, 0.25) is 0 Å².